The van der Waals surface area contributed by atoms with Crippen LogP contribution in [0.5, 0.6) is 23.0 Å². The largest absolute Gasteiger partial charge is 0.550 e. The molecule has 1 aliphatic heterocycles. The number of aliphatic carboxylic acids is 1. The van der Waals surface area contributed by atoms with Gasteiger partial charge in [0.05, 0.1) is 40.2 Å². The van der Waals surface area contributed by atoms with E-state index in [0.29, 0.717) is 23.0 Å². The molecule has 0 saturated heterocycles. The minimum Gasteiger partial charge on any atom is -0.550 e. The first-order valence-electron chi connectivity index (χ1n) is 12.2. The van der Waals surface area contributed by atoms with Gasteiger partial charge in [0.15, 0.2) is 23.0 Å². The van der Waals surface area contributed by atoms with Gasteiger partial charge in [-0.1, -0.05) is 12.1 Å². The van der Waals surface area contributed by atoms with E-state index >= 15 is 0 Å². The fourth-order valence-corrected chi connectivity index (χ4v) is 5.04. The molecule has 0 unspecified atom stereocenters. The van der Waals surface area contributed by atoms with Crippen LogP contribution >= 0.6 is 0 Å². The monoisotopic (exact) mass is 507 g/mol. The molecule has 1 heterocycles. The molecule has 0 bridgehead atoms. The van der Waals surface area contributed by atoms with Crippen LogP contribution in [0.4, 0.5) is 0 Å². The highest BCUT2D eigenvalue weighted by molar-refractivity contribution is 6.08. The highest BCUT2D eigenvalue weighted by Crippen LogP contribution is 2.46. The number of amides is 1. The van der Waals surface area contributed by atoms with Crippen molar-refractivity contribution in [2.45, 2.75) is 38.1 Å². The van der Waals surface area contributed by atoms with E-state index in [-0.39, 0.29) is 24.7 Å². The molecule has 2 aromatic carbocycles. The van der Waals surface area contributed by atoms with Gasteiger partial charge in [-0.15, -0.1) is 0 Å². The van der Waals surface area contributed by atoms with Gasteiger partial charge in [0, 0.05) is 18.3 Å². The second-order valence-corrected chi connectivity index (χ2v) is 8.94. The summed E-state index contributed by atoms with van der Waals surface area (Å²) in [4.78, 5) is 24.2. The lowest BCUT2D eigenvalue weighted by atomic mass is 9.77. The van der Waals surface area contributed by atoms with Crippen LogP contribution in [0.3, 0.4) is 0 Å². The first-order valence-corrected chi connectivity index (χ1v) is 12.2. The minimum atomic E-state index is -1.27. The van der Waals surface area contributed by atoms with Crippen molar-refractivity contribution in [3.05, 3.63) is 53.1 Å². The van der Waals surface area contributed by atoms with Crippen molar-refractivity contribution in [2.24, 2.45) is 11.0 Å². The first-order chi connectivity index (χ1) is 17.9. The van der Waals surface area contributed by atoms with Crippen LogP contribution in [-0.2, 0) is 9.59 Å². The van der Waals surface area contributed by atoms with Gasteiger partial charge in [0.25, 0.3) is 0 Å². The van der Waals surface area contributed by atoms with Gasteiger partial charge in [-0.3, -0.25) is 4.79 Å². The van der Waals surface area contributed by atoms with Gasteiger partial charge < -0.3 is 28.8 Å². The third kappa shape index (κ3) is 5.40. The maximum Gasteiger partial charge on any atom is 0.243 e. The van der Waals surface area contributed by atoms with Crippen molar-refractivity contribution in [1.29, 1.82) is 0 Å². The van der Waals surface area contributed by atoms with Crippen molar-refractivity contribution in [3.8, 4) is 23.0 Å². The Hall–Kier alpha value is -4.01. The number of carbonyl (C=O) groups is 2. The van der Waals surface area contributed by atoms with Crippen molar-refractivity contribution < 1.29 is 33.6 Å². The highest BCUT2D eigenvalue weighted by Gasteiger charge is 2.43. The summed E-state index contributed by atoms with van der Waals surface area (Å²) >= 11 is 0. The molecule has 196 valence electrons. The molecule has 37 heavy (non-hydrogen) atoms. The number of hydrazone groups is 1. The zero-order valence-corrected chi connectivity index (χ0v) is 21.5. The van der Waals surface area contributed by atoms with Crippen molar-refractivity contribution in [2.75, 3.05) is 28.4 Å². The van der Waals surface area contributed by atoms with E-state index in [4.69, 9.17) is 24.0 Å². The molecule has 1 amide bonds. The lowest BCUT2D eigenvalue weighted by Crippen LogP contribution is -2.33. The Bertz CT molecular complexity index is 1240. The number of benzene rings is 2. The van der Waals surface area contributed by atoms with Crippen molar-refractivity contribution >= 4 is 23.7 Å². The Labute approximate surface area is 216 Å². The Morgan fingerprint density at radius 3 is 2.24 bits per heavy atom. The summed E-state index contributed by atoms with van der Waals surface area (Å²) in [5.41, 5.74) is 3.64. The number of fused-ring (bicyclic) bond motifs is 1. The highest BCUT2D eigenvalue weighted by atomic mass is 16.5. The number of carbonyl (C=O) groups excluding carboxylic acids is 2. The van der Waals surface area contributed by atoms with Gasteiger partial charge in [-0.05, 0) is 72.7 Å². The summed E-state index contributed by atoms with van der Waals surface area (Å²) in [6, 6.07) is 10.9. The molecule has 0 aromatic heterocycles. The SMILES string of the molecule is COc1ccc(/C=C2\CCC[C@H]3C2=NN(C(=O)CCC(=O)[O-])[C@@H]3c2ccc(OC)c(OC)c2)cc1OC. The molecule has 4 rings (SSSR count). The normalized spacial score (nSPS) is 19.7. The number of carboxylic acid groups (broad SMARTS) is 1. The van der Waals surface area contributed by atoms with Crippen LogP contribution in [0.25, 0.3) is 6.08 Å². The van der Waals surface area contributed by atoms with Crippen LogP contribution in [-0.4, -0.2) is 51.0 Å². The molecule has 2 atom stereocenters. The van der Waals surface area contributed by atoms with Gasteiger partial charge in [-0.25, -0.2) is 5.01 Å². The van der Waals surface area contributed by atoms with Gasteiger partial charge >= 0.3 is 0 Å². The van der Waals surface area contributed by atoms with Crippen LogP contribution in [0, 0.1) is 5.92 Å². The fraction of sp³-hybridized carbons (Fsp3) is 0.393. The molecule has 0 N–H and O–H groups in total. The number of hydrogen-bond acceptors (Lipinski definition) is 8. The number of hydrogen-bond donors (Lipinski definition) is 0. The number of carboxylic acids is 1. The number of ether oxygens (including phenoxy) is 4. The molecule has 1 fully saturated rings. The predicted molar refractivity (Wildman–Crippen MR) is 136 cm³/mol. The molecule has 1 saturated carbocycles. The maximum atomic E-state index is 13.2. The number of methoxy groups -OCH3 is 4. The number of rotatable bonds is 9. The van der Waals surface area contributed by atoms with E-state index in [2.05, 4.69) is 6.08 Å². The third-order valence-electron chi connectivity index (χ3n) is 6.80. The second kappa shape index (κ2) is 11.4. The summed E-state index contributed by atoms with van der Waals surface area (Å²) in [5.74, 6) is 0.712. The molecule has 9 nitrogen and oxygen atoms in total. The quantitative estimate of drug-likeness (QED) is 0.512. The molecular weight excluding hydrogens is 476 g/mol. The van der Waals surface area contributed by atoms with Crippen molar-refractivity contribution in [1.82, 2.24) is 5.01 Å². The predicted octanol–water partition coefficient (Wildman–Crippen LogP) is 3.37. The summed E-state index contributed by atoms with van der Waals surface area (Å²) in [7, 11) is 6.31. The second-order valence-electron chi connectivity index (χ2n) is 8.94. The van der Waals surface area contributed by atoms with E-state index in [0.717, 1.165) is 41.7 Å². The van der Waals surface area contributed by atoms with Gasteiger partial charge in [-0.2, -0.15) is 5.10 Å². The Balaban J connectivity index is 1.74. The standard InChI is InChI=1S/C28H32N2O7/c1-34-21-10-8-17(15-23(21)36-3)14-18-6-5-7-20-27(18)29-30(25(31)12-13-26(32)33)28(20)19-9-11-22(35-2)24(16-19)37-4/h8-11,14-16,20,28H,5-7,12-13H2,1-4H3,(H,32,33)/p-1/b18-14+/t20-,28+/m0/s1. The molecule has 0 radical (unpaired) electrons. The summed E-state index contributed by atoms with van der Waals surface area (Å²) < 4.78 is 21.7. The van der Waals surface area contributed by atoms with E-state index in [9.17, 15) is 14.7 Å². The Morgan fingerprint density at radius 2 is 1.59 bits per heavy atom. The lowest BCUT2D eigenvalue weighted by molar-refractivity contribution is -0.305. The molecule has 1 aliphatic carbocycles. The van der Waals surface area contributed by atoms with Crippen LogP contribution in [0.15, 0.2) is 47.1 Å². The maximum absolute atomic E-state index is 13.2. The number of nitrogens with zero attached hydrogens (tertiary/aromatic N) is 2. The minimum absolute atomic E-state index is 0.0508. The van der Waals surface area contributed by atoms with E-state index in [1.165, 1.54) is 5.01 Å². The Morgan fingerprint density at radius 1 is 0.946 bits per heavy atom. The van der Waals surface area contributed by atoms with Gasteiger partial charge in [0.1, 0.15) is 0 Å². The topological polar surface area (TPSA) is 110 Å². The van der Waals surface area contributed by atoms with Crippen LogP contribution in [0.2, 0.25) is 0 Å². The Kier molecular flexibility index (Phi) is 8.01. The van der Waals surface area contributed by atoms with Crippen molar-refractivity contribution in [3.63, 3.8) is 0 Å². The summed E-state index contributed by atoms with van der Waals surface area (Å²) in [6.45, 7) is 0. The fourth-order valence-electron chi connectivity index (χ4n) is 5.04. The summed E-state index contributed by atoms with van der Waals surface area (Å²) in [5, 5.41) is 17.3. The molecule has 2 aliphatic rings. The lowest BCUT2D eigenvalue weighted by Gasteiger charge is -2.30. The zero-order valence-electron chi connectivity index (χ0n) is 21.5. The average molecular weight is 508 g/mol. The third-order valence-corrected chi connectivity index (χ3v) is 6.80. The van der Waals surface area contributed by atoms with E-state index in [1.54, 1.807) is 34.5 Å². The van der Waals surface area contributed by atoms with Gasteiger partial charge in [0.2, 0.25) is 5.91 Å². The average Bonchev–Trinajstić information content (AvgIpc) is 3.32. The van der Waals surface area contributed by atoms with E-state index < -0.39 is 12.0 Å². The van der Waals surface area contributed by atoms with E-state index in [1.807, 2.05) is 30.3 Å². The summed E-state index contributed by atoms with van der Waals surface area (Å²) in [6.07, 6.45) is 4.08. The first kappa shape index (κ1) is 26.1. The smallest absolute Gasteiger partial charge is 0.243 e. The molecular formula is C28H31N2O7-. The number of allylic oxidation sites excluding steroid dienone is 1. The zero-order chi connectivity index (χ0) is 26.5. The molecule has 9 heteroatoms. The van der Waals surface area contributed by atoms with Crippen LogP contribution < -0.4 is 24.1 Å². The molecule has 2 aromatic rings. The molecule has 0 spiro atoms. The van der Waals surface area contributed by atoms with Crippen LogP contribution in [0.1, 0.15) is 49.3 Å².